The van der Waals surface area contributed by atoms with Gasteiger partial charge in [0.05, 0.1) is 18.4 Å². The summed E-state index contributed by atoms with van der Waals surface area (Å²) in [5, 5.41) is 37.3. The minimum Gasteiger partial charge on any atom is -0.478 e. The van der Waals surface area contributed by atoms with Crippen molar-refractivity contribution in [2.45, 2.75) is 24.5 Å². The van der Waals surface area contributed by atoms with E-state index >= 15 is 0 Å². The number of aliphatic hydroxyl groups excluding tert-OH is 3. The number of quaternary nitrogens is 1. The third-order valence-electron chi connectivity index (χ3n) is 3.18. The Morgan fingerprint density at radius 2 is 2.17 bits per heavy atom. The molecule has 1 fully saturated rings. The summed E-state index contributed by atoms with van der Waals surface area (Å²) in [5.41, 5.74) is 0.199. The van der Waals surface area contributed by atoms with Crippen LogP contribution in [0, 0.1) is 0 Å². The fourth-order valence-electron chi connectivity index (χ4n) is 2.17. The van der Waals surface area contributed by atoms with E-state index in [0.29, 0.717) is 4.90 Å². The van der Waals surface area contributed by atoms with Gasteiger partial charge >= 0.3 is 5.97 Å². The second-order valence-electron chi connectivity index (χ2n) is 4.37. The Kier molecular flexibility index (Phi) is 3.79. The summed E-state index contributed by atoms with van der Waals surface area (Å²) in [6.45, 7) is -0.244. The molecular weight excluding hydrogens is 242 g/mol. The SMILES string of the molecule is O=C(O)C1=CC=C[NH+]([C@@H]2O[C@H](CO)[C@@H](O)[C@H]2O)C1. The summed E-state index contributed by atoms with van der Waals surface area (Å²) in [7, 11) is 0. The van der Waals surface area contributed by atoms with Crippen molar-refractivity contribution in [1.82, 2.24) is 0 Å². The van der Waals surface area contributed by atoms with Gasteiger partial charge in [0.25, 0.3) is 0 Å². The molecule has 5 atom stereocenters. The Morgan fingerprint density at radius 3 is 2.72 bits per heavy atom. The zero-order chi connectivity index (χ0) is 13.3. The van der Waals surface area contributed by atoms with E-state index in [-0.39, 0.29) is 12.1 Å². The molecule has 7 heteroatoms. The number of hydrogen-bond acceptors (Lipinski definition) is 5. The number of carboxylic acids is 1. The highest BCUT2D eigenvalue weighted by Crippen LogP contribution is 2.18. The summed E-state index contributed by atoms with van der Waals surface area (Å²) in [4.78, 5) is 11.5. The summed E-state index contributed by atoms with van der Waals surface area (Å²) in [5.74, 6) is -1.02. The predicted octanol–water partition coefficient (Wildman–Crippen LogP) is -3.15. The van der Waals surface area contributed by atoms with Crippen LogP contribution in [0.5, 0.6) is 0 Å². The smallest absolute Gasteiger partial charge is 0.337 e. The van der Waals surface area contributed by atoms with Gasteiger partial charge in [0, 0.05) is 0 Å². The van der Waals surface area contributed by atoms with Crippen LogP contribution in [0.25, 0.3) is 0 Å². The van der Waals surface area contributed by atoms with Crippen molar-refractivity contribution in [2.75, 3.05) is 13.2 Å². The third kappa shape index (κ3) is 2.31. The number of allylic oxidation sites excluding steroid dienone is 2. The quantitative estimate of drug-likeness (QED) is 0.365. The highest BCUT2D eigenvalue weighted by molar-refractivity contribution is 5.87. The molecule has 0 aromatic heterocycles. The Labute approximate surface area is 103 Å². The molecule has 0 amide bonds. The topological polar surface area (TPSA) is 112 Å². The van der Waals surface area contributed by atoms with E-state index in [1.54, 1.807) is 12.3 Å². The summed E-state index contributed by atoms with van der Waals surface area (Å²) < 4.78 is 5.34. The zero-order valence-electron chi connectivity index (χ0n) is 9.56. The molecule has 0 aromatic carbocycles. The summed E-state index contributed by atoms with van der Waals surface area (Å²) in [6, 6.07) is 0. The third-order valence-corrected chi connectivity index (χ3v) is 3.18. The summed E-state index contributed by atoms with van der Waals surface area (Å²) >= 11 is 0. The van der Waals surface area contributed by atoms with Gasteiger partial charge in [-0.15, -0.1) is 0 Å². The first-order valence-corrected chi connectivity index (χ1v) is 5.63. The van der Waals surface area contributed by atoms with Crippen molar-refractivity contribution in [2.24, 2.45) is 0 Å². The van der Waals surface area contributed by atoms with Crippen molar-refractivity contribution >= 4 is 5.97 Å². The van der Waals surface area contributed by atoms with E-state index in [1.165, 1.54) is 6.08 Å². The number of nitrogens with one attached hydrogen (secondary N) is 1. The van der Waals surface area contributed by atoms with Crippen LogP contribution in [0.3, 0.4) is 0 Å². The second-order valence-corrected chi connectivity index (χ2v) is 4.37. The Hall–Kier alpha value is -1.25. The minimum absolute atomic E-state index is 0.151. The average molecular weight is 258 g/mol. The standard InChI is InChI=1S/C11H15NO6/c13-5-7-8(14)9(15)10(18-7)12-3-1-2-6(4-12)11(16)17/h1-3,7-10,13-15H,4-5H2,(H,16,17)/p+1/t7-,8-,9-,10-/m1/s1. The van der Waals surface area contributed by atoms with Crippen molar-refractivity contribution in [1.29, 1.82) is 0 Å². The lowest BCUT2D eigenvalue weighted by molar-refractivity contribution is -0.898. The van der Waals surface area contributed by atoms with E-state index in [1.807, 2.05) is 0 Å². The molecule has 0 bridgehead atoms. The van der Waals surface area contributed by atoms with Crippen molar-refractivity contribution in [3.63, 3.8) is 0 Å². The van der Waals surface area contributed by atoms with Crippen LogP contribution in [-0.2, 0) is 9.53 Å². The fourth-order valence-corrected chi connectivity index (χ4v) is 2.17. The van der Waals surface area contributed by atoms with Gasteiger partial charge in [-0.05, 0) is 12.2 Å². The number of carboxylic acid groups (broad SMARTS) is 1. The molecule has 7 nitrogen and oxygen atoms in total. The van der Waals surface area contributed by atoms with Crippen molar-refractivity contribution < 1.29 is 34.9 Å². The largest absolute Gasteiger partial charge is 0.478 e. The molecule has 0 saturated carbocycles. The first kappa shape index (κ1) is 13.2. The molecule has 2 aliphatic heterocycles. The van der Waals surface area contributed by atoms with E-state index < -0.39 is 37.1 Å². The van der Waals surface area contributed by atoms with E-state index in [9.17, 15) is 15.0 Å². The fraction of sp³-hybridized carbons (Fsp3) is 0.545. The molecule has 2 aliphatic rings. The number of rotatable bonds is 3. The van der Waals surface area contributed by atoms with Crippen molar-refractivity contribution in [3.05, 3.63) is 23.9 Å². The maximum Gasteiger partial charge on any atom is 0.337 e. The molecule has 0 aromatic rings. The van der Waals surface area contributed by atoms with Crippen LogP contribution in [0.4, 0.5) is 0 Å². The van der Waals surface area contributed by atoms with Gasteiger partial charge in [0.15, 0.2) is 6.10 Å². The van der Waals surface area contributed by atoms with Gasteiger partial charge in [-0.1, -0.05) is 0 Å². The number of aliphatic carboxylic acids is 1. The normalized spacial score (nSPS) is 39.7. The Bertz CT molecular complexity index is 393. The van der Waals surface area contributed by atoms with Crippen LogP contribution < -0.4 is 4.90 Å². The van der Waals surface area contributed by atoms with Gasteiger partial charge in [-0.3, -0.25) is 4.90 Å². The van der Waals surface area contributed by atoms with E-state index in [2.05, 4.69) is 0 Å². The lowest BCUT2D eigenvalue weighted by Gasteiger charge is -2.25. The zero-order valence-corrected chi connectivity index (χ0v) is 9.56. The maximum atomic E-state index is 10.9. The molecular formula is C11H16NO6+. The molecule has 1 unspecified atom stereocenters. The number of hydrogen-bond donors (Lipinski definition) is 5. The molecule has 1 saturated heterocycles. The predicted molar refractivity (Wildman–Crippen MR) is 58.4 cm³/mol. The van der Waals surface area contributed by atoms with Crippen molar-refractivity contribution in [3.8, 4) is 0 Å². The van der Waals surface area contributed by atoms with Gasteiger partial charge in [-0.2, -0.15) is 0 Å². The highest BCUT2D eigenvalue weighted by atomic mass is 16.6. The molecule has 0 spiro atoms. The van der Waals surface area contributed by atoms with E-state index in [4.69, 9.17) is 14.9 Å². The minimum atomic E-state index is -1.17. The highest BCUT2D eigenvalue weighted by Gasteiger charge is 2.48. The Balaban J connectivity index is 2.08. The monoisotopic (exact) mass is 258 g/mol. The van der Waals surface area contributed by atoms with Crippen LogP contribution in [0.15, 0.2) is 23.9 Å². The average Bonchev–Trinajstić information content (AvgIpc) is 2.66. The number of ether oxygens (including phenoxy) is 1. The molecule has 2 heterocycles. The molecule has 100 valence electrons. The van der Waals surface area contributed by atoms with Gasteiger partial charge in [-0.25, -0.2) is 4.79 Å². The molecule has 0 radical (unpaired) electrons. The maximum absolute atomic E-state index is 10.9. The van der Waals surface area contributed by atoms with Gasteiger partial charge in [0.2, 0.25) is 6.23 Å². The second kappa shape index (κ2) is 5.17. The van der Waals surface area contributed by atoms with E-state index in [0.717, 1.165) is 0 Å². The van der Waals surface area contributed by atoms with Crippen LogP contribution in [0.1, 0.15) is 0 Å². The summed E-state index contributed by atoms with van der Waals surface area (Å²) in [6.07, 6.45) is 0.758. The molecule has 0 aliphatic carbocycles. The van der Waals surface area contributed by atoms with Gasteiger partial charge in [0.1, 0.15) is 18.8 Å². The lowest BCUT2D eigenvalue weighted by atomic mass is 10.1. The molecule has 5 N–H and O–H groups in total. The number of carbonyl (C=O) groups is 1. The van der Waals surface area contributed by atoms with Gasteiger partial charge < -0.3 is 25.2 Å². The first-order chi connectivity index (χ1) is 8.54. The van der Waals surface area contributed by atoms with Crippen LogP contribution >= 0.6 is 0 Å². The first-order valence-electron chi connectivity index (χ1n) is 5.63. The van der Waals surface area contributed by atoms with Crippen LogP contribution in [0.2, 0.25) is 0 Å². The Morgan fingerprint density at radius 1 is 1.44 bits per heavy atom. The van der Waals surface area contributed by atoms with Crippen LogP contribution in [-0.4, -0.2) is 64.1 Å². The number of aliphatic hydroxyl groups is 3. The lowest BCUT2D eigenvalue weighted by Crippen LogP contribution is -3.13. The molecule has 2 rings (SSSR count). The molecule has 18 heavy (non-hydrogen) atoms.